The molecule has 3 aromatic rings. The van der Waals surface area contributed by atoms with Crippen LogP contribution < -0.4 is 5.32 Å². The number of aryl methyl sites for hydroxylation is 1. The lowest BCUT2D eigenvalue weighted by atomic mass is 9.73. The van der Waals surface area contributed by atoms with Crippen molar-refractivity contribution in [1.29, 1.82) is 0 Å². The fourth-order valence-corrected chi connectivity index (χ4v) is 4.37. The van der Waals surface area contributed by atoms with Crippen molar-refractivity contribution >= 4 is 23.3 Å². The summed E-state index contributed by atoms with van der Waals surface area (Å²) in [4.78, 5) is 36.3. The highest BCUT2D eigenvalue weighted by molar-refractivity contribution is 6.06. The molecule has 2 amide bonds. The van der Waals surface area contributed by atoms with Crippen molar-refractivity contribution in [1.82, 2.24) is 19.3 Å². The molecule has 2 aliphatic heterocycles. The van der Waals surface area contributed by atoms with Crippen LogP contribution in [-0.4, -0.2) is 44.2 Å². The van der Waals surface area contributed by atoms with E-state index in [2.05, 4.69) is 15.3 Å². The molecule has 0 atom stereocenters. The number of aromatic nitrogens is 3. The topological polar surface area (TPSA) is 79.6 Å². The first-order valence-corrected chi connectivity index (χ1v) is 9.10. The molecule has 0 saturated carbocycles. The molecule has 1 aromatic carbocycles. The number of amides is 2. The van der Waals surface area contributed by atoms with E-state index in [1.807, 2.05) is 42.3 Å². The molecule has 4 heterocycles. The van der Waals surface area contributed by atoms with Crippen LogP contribution in [0.5, 0.6) is 0 Å². The van der Waals surface area contributed by atoms with E-state index in [1.54, 1.807) is 16.7 Å². The highest BCUT2D eigenvalue weighted by Gasteiger charge is 2.49. The predicted molar refractivity (Wildman–Crippen MR) is 99.6 cm³/mol. The van der Waals surface area contributed by atoms with Crippen molar-refractivity contribution < 1.29 is 9.59 Å². The Balaban J connectivity index is 1.43. The van der Waals surface area contributed by atoms with Crippen molar-refractivity contribution in [3.63, 3.8) is 0 Å². The minimum Gasteiger partial charge on any atom is -0.337 e. The van der Waals surface area contributed by atoms with Gasteiger partial charge in [-0.05, 0) is 37.5 Å². The van der Waals surface area contributed by atoms with Gasteiger partial charge in [-0.15, -0.1) is 0 Å². The van der Waals surface area contributed by atoms with E-state index in [0.717, 1.165) is 11.3 Å². The van der Waals surface area contributed by atoms with Gasteiger partial charge in [0.05, 0.1) is 11.1 Å². The number of carbonyl (C=O) groups is 2. The second kappa shape index (κ2) is 5.64. The maximum absolute atomic E-state index is 13.2. The summed E-state index contributed by atoms with van der Waals surface area (Å²) in [7, 11) is 0. The standard InChI is InChI=1S/C20H19N5O2/c1-13-16(25-10-4-9-21-19(25)22-13)17(26)24-11-7-20(8-12-24)14-5-2-3-6-15(14)23-18(20)27/h2-6,9-10H,7-8,11-12H2,1H3,(H,23,27). The average Bonchev–Trinajstić information content (AvgIpc) is 3.16. The van der Waals surface area contributed by atoms with Crippen LogP contribution in [0.15, 0.2) is 42.7 Å². The number of benzene rings is 1. The third-order valence-electron chi connectivity index (χ3n) is 5.81. The molecule has 27 heavy (non-hydrogen) atoms. The zero-order valence-corrected chi connectivity index (χ0v) is 15.0. The summed E-state index contributed by atoms with van der Waals surface area (Å²) >= 11 is 0. The molecule has 5 rings (SSSR count). The summed E-state index contributed by atoms with van der Waals surface area (Å²) in [5.41, 5.74) is 2.64. The number of anilines is 1. The lowest BCUT2D eigenvalue weighted by Crippen LogP contribution is -2.48. The molecular formula is C20H19N5O2. The number of piperidine rings is 1. The number of nitrogens with zero attached hydrogens (tertiary/aromatic N) is 4. The lowest BCUT2D eigenvalue weighted by Gasteiger charge is -2.38. The van der Waals surface area contributed by atoms with Crippen LogP contribution >= 0.6 is 0 Å². The summed E-state index contributed by atoms with van der Waals surface area (Å²) < 4.78 is 1.74. The maximum Gasteiger partial charge on any atom is 0.272 e. The average molecular weight is 361 g/mol. The Morgan fingerprint density at radius 2 is 1.96 bits per heavy atom. The fraction of sp³-hybridized carbons (Fsp3) is 0.300. The van der Waals surface area contributed by atoms with Crippen LogP contribution in [0, 0.1) is 6.92 Å². The molecule has 1 saturated heterocycles. The number of imidazole rings is 1. The van der Waals surface area contributed by atoms with E-state index >= 15 is 0 Å². The van der Waals surface area contributed by atoms with Gasteiger partial charge in [0.1, 0.15) is 5.69 Å². The molecule has 2 aliphatic rings. The number of para-hydroxylation sites is 1. The van der Waals surface area contributed by atoms with Gasteiger partial charge in [-0.1, -0.05) is 18.2 Å². The van der Waals surface area contributed by atoms with E-state index in [-0.39, 0.29) is 11.8 Å². The first-order valence-electron chi connectivity index (χ1n) is 9.10. The van der Waals surface area contributed by atoms with Gasteiger partial charge < -0.3 is 10.2 Å². The van der Waals surface area contributed by atoms with Gasteiger partial charge in [0, 0.05) is 31.2 Å². The van der Waals surface area contributed by atoms with Crippen LogP contribution in [0.4, 0.5) is 5.69 Å². The molecule has 0 bridgehead atoms. The third-order valence-corrected chi connectivity index (χ3v) is 5.81. The number of rotatable bonds is 1. The summed E-state index contributed by atoms with van der Waals surface area (Å²) in [5.74, 6) is 0.511. The fourth-order valence-electron chi connectivity index (χ4n) is 4.37. The number of nitrogens with one attached hydrogen (secondary N) is 1. The van der Waals surface area contributed by atoms with Crippen molar-refractivity contribution in [2.45, 2.75) is 25.2 Å². The van der Waals surface area contributed by atoms with E-state index in [0.29, 0.717) is 43.1 Å². The van der Waals surface area contributed by atoms with Crippen molar-refractivity contribution in [2.24, 2.45) is 0 Å². The van der Waals surface area contributed by atoms with Crippen LogP contribution in [0.2, 0.25) is 0 Å². The zero-order valence-electron chi connectivity index (χ0n) is 15.0. The smallest absolute Gasteiger partial charge is 0.272 e. The van der Waals surface area contributed by atoms with Crippen molar-refractivity contribution in [3.05, 3.63) is 59.7 Å². The Bertz CT molecular complexity index is 1080. The molecule has 1 spiro atoms. The van der Waals surface area contributed by atoms with E-state index in [4.69, 9.17) is 0 Å². The molecule has 7 nitrogen and oxygen atoms in total. The largest absolute Gasteiger partial charge is 0.337 e. The van der Waals surface area contributed by atoms with E-state index in [9.17, 15) is 9.59 Å². The van der Waals surface area contributed by atoms with Gasteiger partial charge in [-0.3, -0.25) is 14.0 Å². The zero-order chi connectivity index (χ0) is 18.6. The van der Waals surface area contributed by atoms with Gasteiger partial charge in [0.2, 0.25) is 11.7 Å². The Kier molecular flexibility index (Phi) is 3.34. The SMILES string of the molecule is Cc1nc2ncccn2c1C(=O)N1CCC2(CC1)C(=O)Nc1ccccc12. The molecule has 7 heteroatoms. The van der Waals surface area contributed by atoms with E-state index < -0.39 is 5.41 Å². The normalized spacial score (nSPS) is 18.0. The Hall–Kier alpha value is -3.22. The Labute approximate surface area is 156 Å². The predicted octanol–water partition coefficient (Wildman–Crippen LogP) is 2.16. The maximum atomic E-state index is 13.2. The van der Waals surface area contributed by atoms with Crippen LogP contribution in [0.3, 0.4) is 0 Å². The minimum absolute atomic E-state index is 0.0472. The Morgan fingerprint density at radius 3 is 2.78 bits per heavy atom. The Morgan fingerprint density at radius 1 is 1.19 bits per heavy atom. The van der Waals surface area contributed by atoms with Gasteiger partial charge in [0.25, 0.3) is 5.91 Å². The third kappa shape index (κ3) is 2.21. The monoisotopic (exact) mass is 361 g/mol. The summed E-state index contributed by atoms with van der Waals surface area (Å²) in [5, 5.41) is 3.00. The number of carbonyl (C=O) groups excluding carboxylic acids is 2. The molecule has 1 N–H and O–H groups in total. The van der Waals surface area contributed by atoms with E-state index in [1.165, 1.54) is 0 Å². The number of fused-ring (bicyclic) bond motifs is 3. The molecule has 0 aliphatic carbocycles. The second-order valence-corrected chi connectivity index (χ2v) is 7.21. The molecule has 2 aromatic heterocycles. The minimum atomic E-state index is -0.524. The molecular weight excluding hydrogens is 342 g/mol. The number of hydrogen-bond donors (Lipinski definition) is 1. The molecule has 136 valence electrons. The quantitative estimate of drug-likeness (QED) is 0.720. The van der Waals surface area contributed by atoms with Crippen LogP contribution in [0.25, 0.3) is 5.78 Å². The molecule has 1 fully saturated rings. The van der Waals surface area contributed by atoms with Gasteiger partial charge in [-0.25, -0.2) is 9.97 Å². The van der Waals surface area contributed by atoms with Gasteiger partial charge in [-0.2, -0.15) is 0 Å². The first-order chi connectivity index (χ1) is 13.1. The van der Waals surface area contributed by atoms with Gasteiger partial charge >= 0.3 is 0 Å². The van der Waals surface area contributed by atoms with Crippen LogP contribution in [-0.2, 0) is 10.2 Å². The van der Waals surface area contributed by atoms with Crippen molar-refractivity contribution in [2.75, 3.05) is 18.4 Å². The van der Waals surface area contributed by atoms with Crippen molar-refractivity contribution in [3.8, 4) is 0 Å². The summed E-state index contributed by atoms with van der Waals surface area (Å²) in [6.45, 7) is 2.90. The molecule has 0 radical (unpaired) electrons. The highest BCUT2D eigenvalue weighted by atomic mass is 16.2. The first kappa shape index (κ1) is 16.0. The number of hydrogen-bond acceptors (Lipinski definition) is 4. The van der Waals surface area contributed by atoms with Gasteiger partial charge in [0.15, 0.2) is 0 Å². The highest BCUT2D eigenvalue weighted by Crippen LogP contribution is 2.44. The number of likely N-dealkylation sites (tertiary alicyclic amines) is 1. The van der Waals surface area contributed by atoms with Crippen LogP contribution in [0.1, 0.15) is 34.6 Å². The lowest BCUT2D eigenvalue weighted by molar-refractivity contribution is -0.122. The molecule has 0 unspecified atom stereocenters. The second-order valence-electron chi connectivity index (χ2n) is 7.21. The summed E-state index contributed by atoms with van der Waals surface area (Å²) in [6.07, 6.45) is 4.71. The summed E-state index contributed by atoms with van der Waals surface area (Å²) in [6, 6.07) is 9.64.